The lowest BCUT2D eigenvalue weighted by Crippen LogP contribution is -2.28. The van der Waals surface area contributed by atoms with Gasteiger partial charge in [-0.1, -0.05) is 37.2 Å². The Balaban J connectivity index is 1.64. The Morgan fingerprint density at radius 2 is 1.82 bits per heavy atom. The van der Waals surface area contributed by atoms with Crippen molar-refractivity contribution in [3.63, 3.8) is 0 Å². The van der Waals surface area contributed by atoms with Gasteiger partial charge in [-0.25, -0.2) is 0 Å². The highest BCUT2D eigenvalue weighted by atomic mass is 127. The molecule has 1 heterocycles. The number of nitrogens with zero attached hydrogens (tertiary/aromatic N) is 3. The summed E-state index contributed by atoms with van der Waals surface area (Å²) in [5, 5.41) is 15.7. The van der Waals surface area contributed by atoms with Crippen LogP contribution in [0.15, 0.2) is 47.6 Å². The number of anilines is 1. The Morgan fingerprint density at radius 1 is 1.12 bits per heavy atom. The van der Waals surface area contributed by atoms with Gasteiger partial charge in [0.25, 0.3) is 5.91 Å². The molecule has 34 heavy (non-hydrogen) atoms. The minimum atomic E-state index is -0.362. The highest BCUT2D eigenvalue weighted by molar-refractivity contribution is 14.1. The summed E-state index contributed by atoms with van der Waals surface area (Å²) in [4.78, 5) is 25.2. The molecule has 180 valence electrons. The van der Waals surface area contributed by atoms with E-state index in [-0.39, 0.29) is 23.6 Å². The molecule has 1 aromatic heterocycles. The topological polar surface area (TPSA) is 88.9 Å². The van der Waals surface area contributed by atoms with Crippen LogP contribution >= 0.6 is 46.0 Å². The van der Waals surface area contributed by atoms with Crippen molar-refractivity contribution in [3.8, 4) is 0 Å². The second-order valence-electron chi connectivity index (χ2n) is 8.01. The number of amides is 2. The third kappa shape index (κ3) is 6.73. The summed E-state index contributed by atoms with van der Waals surface area (Å²) in [5.41, 5.74) is 2.45. The molecule has 0 bridgehead atoms. The molecule has 0 saturated carbocycles. The third-order valence-corrected chi connectivity index (χ3v) is 7.03. The normalized spacial score (nSPS) is 12.0. The zero-order chi connectivity index (χ0) is 24.8. The minimum Gasteiger partial charge on any atom is -0.342 e. The van der Waals surface area contributed by atoms with E-state index in [2.05, 4.69) is 63.3 Å². The number of aromatic nitrogens is 3. The molecule has 0 unspecified atom stereocenters. The first-order chi connectivity index (χ1) is 16.2. The number of hydrogen-bond donors (Lipinski definition) is 2. The van der Waals surface area contributed by atoms with Crippen molar-refractivity contribution in [1.29, 1.82) is 0 Å². The first-order valence-corrected chi connectivity index (χ1v) is 13.4. The SMILES string of the molecule is CCn1c(SCC(=O)Nc2ccc(I)cc2C(C)C)nnc1[C@@H](C)NC(=O)c1ccc(Cl)cc1. The van der Waals surface area contributed by atoms with Crippen LogP contribution in [0, 0.1) is 3.57 Å². The molecule has 1 atom stereocenters. The van der Waals surface area contributed by atoms with Crippen LogP contribution in [0.25, 0.3) is 0 Å². The van der Waals surface area contributed by atoms with E-state index in [9.17, 15) is 9.59 Å². The van der Waals surface area contributed by atoms with Gasteiger partial charge in [0.2, 0.25) is 5.91 Å². The maximum Gasteiger partial charge on any atom is 0.251 e. The van der Waals surface area contributed by atoms with E-state index in [1.165, 1.54) is 11.8 Å². The Labute approximate surface area is 222 Å². The van der Waals surface area contributed by atoms with E-state index >= 15 is 0 Å². The van der Waals surface area contributed by atoms with Gasteiger partial charge in [0.05, 0.1) is 11.8 Å². The summed E-state index contributed by atoms with van der Waals surface area (Å²) < 4.78 is 3.05. The van der Waals surface area contributed by atoms with Crippen molar-refractivity contribution in [2.45, 2.75) is 51.4 Å². The Bertz CT molecular complexity index is 1170. The predicted molar refractivity (Wildman–Crippen MR) is 146 cm³/mol. The summed E-state index contributed by atoms with van der Waals surface area (Å²) >= 11 is 9.49. The number of benzene rings is 2. The van der Waals surface area contributed by atoms with Crippen molar-refractivity contribution >= 4 is 63.5 Å². The number of halogens is 2. The third-order valence-electron chi connectivity index (χ3n) is 5.15. The van der Waals surface area contributed by atoms with E-state index in [4.69, 9.17) is 11.6 Å². The first-order valence-electron chi connectivity index (χ1n) is 10.9. The fraction of sp³-hybridized carbons (Fsp3) is 0.333. The van der Waals surface area contributed by atoms with E-state index in [0.29, 0.717) is 34.0 Å². The maximum absolute atomic E-state index is 12.7. The van der Waals surface area contributed by atoms with Crippen molar-refractivity contribution in [2.24, 2.45) is 0 Å². The number of hydrogen-bond acceptors (Lipinski definition) is 5. The summed E-state index contributed by atoms with van der Waals surface area (Å²) in [5.74, 6) is 0.805. The van der Waals surface area contributed by atoms with Gasteiger partial charge in [-0.3, -0.25) is 9.59 Å². The van der Waals surface area contributed by atoms with Gasteiger partial charge in [0, 0.05) is 26.4 Å². The quantitative estimate of drug-likeness (QED) is 0.232. The van der Waals surface area contributed by atoms with E-state index in [1.54, 1.807) is 24.3 Å². The standard InChI is InChI=1S/C24H27ClIN5O2S/c1-5-31-22(15(4)27-23(33)16-6-8-17(25)9-7-16)29-30-24(31)34-13-21(32)28-20-11-10-18(26)12-19(20)14(2)3/h6-12,14-15H,5,13H2,1-4H3,(H,27,33)(H,28,32)/t15-/m1/s1. The van der Waals surface area contributed by atoms with Crippen LogP contribution in [0.2, 0.25) is 5.02 Å². The molecular weight excluding hydrogens is 585 g/mol. The summed E-state index contributed by atoms with van der Waals surface area (Å²) in [6.45, 7) is 8.66. The van der Waals surface area contributed by atoms with E-state index < -0.39 is 0 Å². The van der Waals surface area contributed by atoms with Crippen LogP contribution in [0.3, 0.4) is 0 Å². The monoisotopic (exact) mass is 611 g/mol. The molecule has 2 aromatic carbocycles. The Morgan fingerprint density at radius 3 is 2.47 bits per heavy atom. The molecule has 0 spiro atoms. The number of thioether (sulfide) groups is 1. The van der Waals surface area contributed by atoms with Gasteiger partial charge in [0.1, 0.15) is 0 Å². The number of nitrogens with one attached hydrogen (secondary N) is 2. The van der Waals surface area contributed by atoms with Crippen molar-refractivity contribution < 1.29 is 9.59 Å². The highest BCUT2D eigenvalue weighted by Gasteiger charge is 2.20. The number of carbonyl (C=O) groups is 2. The Hall–Kier alpha value is -2.11. The average molecular weight is 612 g/mol. The van der Waals surface area contributed by atoms with E-state index in [0.717, 1.165) is 14.8 Å². The van der Waals surface area contributed by atoms with Gasteiger partial charge in [-0.15, -0.1) is 10.2 Å². The molecular formula is C24H27ClIN5O2S. The van der Waals surface area contributed by atoms with Crippen LogP contribution in [0.5, 0.6) is 0 Å². The van der Waals surface area contributed by atoms with Crippen molar-refractivity contribution in [2.75, 3.05) is 11.1 Å². The summed E-state index contributed by atoms with van der Waals surface area (Å²) in [6.07, 6.45) is 0. The Kier molecular flexibility index (Phi) is 9.38. The van der Waals surface area contributed by atoms with E-state index in [1.807, 2.05) is 30.5 Å². The predicted octanol–water partition coefficient (Wildman–Crippen LogP) is 5.90. The maximum atomic E-state index is 12.7. The fourth-order valence-corrected chi connectivity index (χ4v) is 4.86. The summed E-state index contributed by atoms with van der Waals surface area (Å²) in [6, 6.07) is 12.4. The van der Waals surface area contributed by atoms with Crippen LogP contribution in [0.1, 0.15) is 61.4 Å². The average Bonchev–Trinajstić information content (AvgIpc) is 3.22. The molecule has 0 aliphatic rings. The number of rotatable bonds is 9. The molecule has 10 heteroatoms. The zero-order valence-electron chi connectivity index (χ0n) is 19.4. The largest absolute Gasteiger partial charge is 0.342 e. The fourth-order valence-electron chi connectivity index (χ4n) is 3.41. The van der Waals surface area contributed by atoms with Gasteiger partial charge in [0.15, 0.2) is 11.0 Å². The van der Waals surface area contributed by atoms with Crippen LogP contribution < -0.4 is 10.6 Å². The molecule has 0 radical (unpaired) electrons. The second kappa shape index (κ2) is 12.0. The zero-order valence-corrected chi connectivity index (χ0v) is 23.2. The molecule has 0 aliphatic carbocycles. The van der Waals surface area contributed by atoms with Crippen LogP contribution in [-0.2, 0) is 11.3 Å². The minimum absolute atomic E-state index is 0.107. The van der Waals surface area contributed by atoms with Gasteiger partial charge < -0.3 is 15.2 Å². The molecule has 0 saturated heterocycles. The molecule has 2 amide bonds. The summed E-state index contributed by atoms with van der Waals surface area (Å²) in [7, 11) is 0. The molecule has 0 fully saturated rings. The van der Waals surface area contributed by atoms with Crippen LogP contribution in [0.4, 0.5) is 5.69 Å². The lowest BCUT2D eigenvalue weighted by molar-refractivity contribution is -0.113. The lowest BCUT2D eigenvalue weighted by atomic mass is 10.0. The first kappa shape index (κ1) is 26.5. The molecule has 2 N–H and O–H groups in total. The molecule has 7 nitrogen and oxygen atoms in total. The van der Waals surface area contributed by atoms with Crippen molar-refractivity contribution in [3.05, 3.63) is 68.0 Å². The number of carbonyl (C=O) groups excluding carboxylic acids is 2. The van der Waals surface area contributed by atoms with Gasteiger partial charge >= 0.3 is 0 Å². The molecule has 3 rings (SSSR count). The van der Waals surface area contributed by atoms with Crippen molar-refractivity contribution in [1.82, 2.24) is 20.1 Å². The highest BCUT2D eigenvalue weighted by Crippen LogP contribution is 2.27. The van der Waals surface area contributed by atoms with Crippen LogP contribution in [-0.4, -0.2) is 32.3 Å². The lowest BCUT2D eigenvalue weighted by Gasteiger charge is -2.16. The second-order valence-corrected chi connectivity index (χ2v) is 10.6. The van der Waals surface area contributed by atoms with Gasteiger partial charge in [-0.05, 0) is 90.4 Å². The smallest absolute Gasteiger partial charge is 0.251 e. The van der Waals surface area contributed by atoms with Gasteiger partial charge in [-0.2, -0.15) is 0 Å². The molecule has 0 aliphatic heterocycles. The molecule has 3 aromatic rings.